The van der Waals surface area contributed by atoms with Crippen LogP contribution in [0.15, 0.2) is 18.5 Å². The van der Waals surface area contributed by atoms with E-state index in [4.69, 9.17) is 18.9 Å². The molecule has 0 unspecified atom stereocenters. The Kier molecular flexibility index (Phi) is 6.11. The second kappa shape index (κ2) is 9.20. The fraction of sp³-hybridized carbons (Fsp3) is 0.409. The van der Waals surface area contributed by atoms with Gasteiger partial charge in [0, 0.05) is 17.5 Å². The summed E-state index contributed by atoms with van der Waals surface area (Å²) >= 11 is 1.09. The summed E-state index contributed by atoms with van der Waals surface area (Å²) in [6, 6.07) is 1.63. The topological polar surface area (TPSA) is 118 Å². The molecular formula is C22H22FN5O5S. The maximum atomic E-state index is 15.1. The molecular weight excluding hydrogens is 465 g/mol. The number of nitrogens with one attached hydrogen (secondary N) is 1. The first-order valence-electron chi connectivity index (χ1n) is 10.7. The van der Waals surface area contributed by atoms with Gasteiger partial charge in [0.2, 0.25) is 5.13 Å². The van der Waals surface area contributed by atoms with Crippen molar-refractivity contribution in [2.24, 2.45) is 5.92 Å². The molecule has 2 aliphatic heterocycles. The first kappa shape index (κ1) is 22.6. The van der Waals surface area contributed by atoms with Crippen molar-refractivity contribution in [1.82, 2.24) is 20.2 Å². The fourth-order valence-corrected chi connectivity index (χ4v) is 4.71. The van der Waals surface area contributed by atoms with Gasteiger partial charge in [0.15, 0.2) is 12.1 Å². The van der Waals surface area contributed by atoms with Crippen LogP contribution < -0.4 is 14.8 Å². The molecule has 0 saturated carbocycles. The lowest BCUT2D eigenvalue weighted by molar-refractivity contribution is -0.0906. The molecule has 1 N–H and O–H groups in total. The Bertz CT molecular complexity index is 1240. The Balaban J connectivity index is 1.38. The summed E-state index contributed by atoms with van der Waals surface area (Å²) in [5.41, 5.74) is 1.43. The van der Waals surface area contributed by atoms with Crippen molar-refractivity contribution in [3.63, 3.8) is 0 Å². The Labute approximate surface area is 198 Å². The van der Waals surface area contributed by atoms with E-state index in [-0.39, 0.29) is 46.0 Å². The van der Waals surface area contributed by atoms with E-state index < -0.39 is 11.7 Å². The second-order valence-electron chi connectivity index (χ2n) is 7.98. The zero-order valence-electron chi connectivity index (χ0n) is 18.7. The summed E-state index contributed by atoms with van der Waals surface area (Å²) < 4.78 is 37.4. The highest BCUT2D eigenvalue weighted by atomic mass is 32.1. The van der Waals surface area contributed by atoms with Crippen molar-refractivity contribution in [3.8, 4) is 22.1 Å². The van der Waals surface area contributed by atoms with Gasteiger partial charge in [-0.15, -0.1) is 5.10 Å². The Morgan fingerprint density at radius 1 is 1.24 bits per heavy atom. The molecule has 2 fully saturated rings. The molecule has 3 aromatic rings. The van der Waals surface area contributed by atoms with Crippen LogP contribution in [-0.4, -0.2) is 58.8 Å². The molecule has 1 amide bonds. The summed E-state index contributed by atoms with van der Waals surface area (Å²) in [6.07, 6.45) is 3.26. The first-order valence-corrected chi connectivity index (χ1v) is 11.5. The highest BCUT2D eigenvalue weighted by molar-refractivity contribution is 7.17. The van der Waals surface area contributed by atoms with Crippen LogP contribution in [0.1, 0.15) is 28.2 Å². The number of hydrogen-bond donors (Lipinski definition) is 1. The lowest BCUT2D eigenvalue weighted by Crippen LogP contribution is -2.26. The number of amides is 1. The number of rotatable bonds is 6. The van der Waals surface area contributed by atoms with Crippen molar-refractivity contribution < 1.29 is 28.1 Å². The number of hydrogen-bond acceptors (Lipinski definition) is 10. The molecule has 12 heteroatoms. The Morgan fingerprint density at radius 2 is 2.09 bits per heavy atom. The quantitative estimate of drug-likeness (QED) is 0.559. The van der Waals surface area contributed by atoms with Crippen LogP contribution in [0.4, 0.5) is 9.52 Å². The van der Waals surface area contributed by atoms with Gasteiger partial charge in [-0.1, -0.05) is 5.10 Å². The number of nitrogens with zero attached hydrogens (tertiary/aromatic N) is 4. The third kappa shape index (κ3) is 4.19. The highest BCUT2D eigenvalue weighted by Crippen LogP contribution is 2.37. The van der Waals surface area contributed by atoms with E-state index in [1.807, 2.05) is 0 Å². The highest BCUT2D eigenvalue weighted by Gasteiger charge is 2.43. The van der Waals surface area contributed by atoms with Gasteiger partial charge >= 0.3 is 0 Å². The summed E-state index contributed by atoms with van der Waals surface area (Å²) in [7, 11) is 1.42. The molecule has 0 bridgehead atoms. The first-order chi connectivity index (χ1) is 16.4. The number of ether oxygens (including phenoxy) is 4. The minimum Gasteiger partial charge on any atom is -0.494 e. The van der Waals surface area contributed by atoms with Crippen LogP contribution in [0.25, 0.3) is 11.1 Å². The number of aromatic nitrogens is 4. The van der Waals surface area contributed by atoms with E-state index >= 15 is 4.39 Å². The number of fused-ring (bicyclic) bond motifs is 1. The van der Waals surface area contributed by atoms with E-state index in [0.29, 0.717) is 29.7 Å². The Morgan fingerprint density at radius 3 is 2.91 bits per heavy atom. The largest absolute Gasteiger partial charge is 0.494 e. The molecule has 3 atom stereocenters. The summed E-state index contributed by atoms with van der Waals surface area (Å²) in [5.74, 6) is -0.729. The number of carbonyl (C=O) groups excluding carboxylic acids is 1. The average molecular weight is 488 g/mol. The van der Waals surface area contributed by atoms with Gasteiger partial charge in [-0.05, 0) is 37.7 Å². The zero-order chi connectivity index (χ0) is 23.8. The summed E-state index contributed by atoms with van der Waals surface area (Å²) in [6.45, 7) is 4.35. The number of methoxy groups -OCH3 is 1. The lowest BCUT2D eigenvalue weighted by Gasteiger charge is -2.15. The zero-order valence-corrected chi connectivity index (χ0v) is 19.5. The third-order valence-electron chi connectivity index (χ3n) is 5.80. The van der Waals surface area contributed by atoms with Gasteiger partial charge in [0.1, 0.15) is 11.9 Å². The van der Waals surface area contributed by atoms with E-state index in [2.05, 4.69) is 25.5 Å². The minimum absolute atomic E-state index is 0.140. The van der Waals surface area contributed by atoms with Gasteiger partial charge in [-0.25, -0.2) is 4.39 Å². The van der Waals surface area contributed by atoms with Crippen LogP contribution >= 0.6 is 11.3 Å². The van der Waals surface area contributed by atoms with Crippen LogP contribution in [0.5, 0.6) is 10.9 Å². The van der Waals surface area contributed by atoms with Crippen molar-refractivity contribution in [3.05, 3.63) is 41.2 Å². The monoisotopic (exact) mass is 487 g/mol. The smallest absolute Gasteiger partial charge is 0.296 e. The molecule has 5 heterocycles. The summed E-state index contributed by atoms with van der Waals surface area (Å²) in [5, 5.41) is 11.3. The standard InChI is InChI=1S/C22H22FN5O5S/c1-10-6-13(17-15(30-3)8-25-11(2)18(17)23)14(7-24-10)19(29)26-21-27-28-22(34-21)33-16-9-32-20-12(16)4-5-31-20/h6-8,12,16,20H,4-5,9H2,1-3H3,(H,26,27,29)/t12-,16-,20+/m0/s1. The van der Waals surface area contributed by atoms with Crippen molar-refractivity contribution in [2.75, 3.05) is 25.6 Å². The van der Waals surface area contributed by atoms with Crippen molar-refractivity contribution >= 4 is 22.4 Å². The molecule has 10 nitrogen and oxygen atoms in total. The van der Waals surface area contributed by atoms with Gasteiger partial charge < -0.3 is 18.9 Å². The number of pyridine rings is 2. The maximum Gasteiger partial charge on any atom is 0.296 e. The average Bonchev–Trinajstić information content (AvgIpc) is 3.55. The van der Waals surface area contributed by atoms with Gasteiger partial charge in [0.05, 0.1) is 49.3 Å². The van der Waals surface area contributed by atoms with Gasteiger partial charge in [0.25, 0.3) is 11.1 Å². The minimum atomic E-state index is -0.571. The van der Waals surface area contributed by atoms with E-state index in [0.717, 1.165) is 17.8 Å². The van der Waals surface area contributed by atoms with Gasteiger partial charge in [-0.2, -0.15) is 0 Å². The molecule has 5 rings (SSSR count). The van der Waals surface area contributed by atoms with Crippen LogP contribution in [-0.2, 0) is 9.47 Å². The second-order valence-corrected chi connectivity index (χ2v) is 8.92. The number of halogens is 1. The number of carbonyl (C=O) groups is 1. The molecule has 3 aromatic heterocycles. The van der Waals surface area contributed by atoms with Crippen LogP contribution in [0.3, 0.4) is 0 Å². The SMILES string of the molecule is COc1cnc(C)c(F)c1-c1cc(C)ncc1C(=O)Nc1nnc(O[C@H]2CO[C@H]3OCC[C@H]32)s1. The number of anilines is 1. The third-order valence-corrected chi connectivity index (χ3v) is 6.53. The van der Waals surface area contributed by atoms with E-state index in [9.17, 15) is 4.79 Å². The molecule has 0 aromatic carbocycles. The van der Waals surface area contributed by atoms with Crippen LogP contribution in [0.2, 0.25) is 0 Å². The molecule has 0 spiro atoms. The Hall–Kier alpha value is -3.22. The normalized spacial score (nSPS) is 21.4. The van der Waals surface area contributed by atoms with Gasteiger partial charge in [-0.3, -0.25) is 20.1 Å². The molecule has 0 aliphatic carbocycles. The van der Waals surface area contributed by atoms with Crippen LogP contribution in [0, 0.1) is 25.6 Å². The molecule has 0 radical (unpaired) electrons. The fourth-order valence-electron chi connectivity index (χ4n) is 4.07. The van der Waals surface area contributed by atoms with E-state index in [1.54, 1.807) is 19.9 Å². The van der Waals surface area contributed by atoms with Crippen molar-refractivity contribution in [1.29, 1.82) is 0 Å². The molecule has 2 saturated heterocycles. The molecule has 178 valence electrons. The molecule has 2 aliphatic rings. The number of aryl methyl sites for hydroxylation is 2. The van der Waals surface area contributed by atoms with E-state index in [1.165, 1.54) is 19.5 Å². The predicted molar refractivity (Wildman–Crippen MR) is 120 cm³/mol. The maximum absolute atomic E-state index is 15.1. The van der Waals surface area contributed by atoms with Crippen molar-refractivity contribution in [2.45, 2.75) is 32.7 Å². The summed E-state index contributed by atoms with van der Waals surface area (Å²) in [4.78, 5) is 21.4. The lowest BCUT2D eigenvalue weighted by atomic mass is 9.99. The molecule has 34 heavy (non-hydrogen) atoms. The predicted octanol–water partition coefficient (Wildman–Crippen LogP) is 3.15.